The van der Waals surface area contributed by atoms with Gasteiger partial charge in [-0.1, -0.05) is 0 Å². The van der Waals surface area contributed by atoms with Crippen LogP contribution in [0, 0.1) is 0 Å². The van der Waals surface area contributed by atoms with Crippen LogP contribution in [0.2, 0.25) is 0 Å². The first-order valence-electron chi connectivity index (χ1n) is 6.91. The zero-order chi connectivity index (χ0) is 13.8. The molecule has 1 aliphatic heterocycles. The molecular weight excluding hydrogens is 228 g/mol. The molecule has 2 unspecified atom stereocenters. The first-order valence-corrected chi connectivity index (χ1v) is 6.91. The number of methoxy groups -OCH3 is 2. The highest BCUT2D eigenvalue weighted by atomic mass is 16.5. The summed E-state index contributed by atoms with van der Waals surface area (Å²) in [7, 11) is 3.53. The Kier molecular flexibility index (Phi) is 5.59. The van der Waals surface area contributed by atoms with Gasteiger partial charge in [0.25, 0.3) is 0 Å². The third-order valence-electron chi connectivity index (χ3n) is 4.41. The number of nitrogens with two attached hydrogens (primary N) is 1. The molecule has 18 heavy (non-hydrogen) atoms. The van der Waals surface area contributed by atoms with Crippen molar-refractivity contribution < 1.29 is 9.47 Å². The highest BCUT2D eigenvalue weighted by Gasteiger charge is 2.32. The predicted octanol–water partition coefficient (Wildman–Crippen LogP) is 1.63. The second-order valence-electron chi connectivity index (χ2n) is 6.24. The Hall–Kier alpha value is -0.160. The number of hydrogen-bond acceptors (Lipinski definition) is 4. The molecule has 0 amide bonds. The molecule has 0 radical (unpaired) electrons. The highest BCUT2D eigenvalue weighted by Crippen LogP contribution is 2.24. The first-order chi connectivity index (χ1) is 8.33. The number of ether oxygens (including phenoxy) is 2. The maximum atomic E-state index is 6.20. The predicted molar refractivity (Wildman–Crippen MR) is 74.8 cm³/mol. The van der Waals surface area contributed by atoms with Crippen LogP contribution >= 0.6 is 0 Å². The van der Waals surface area contributed by atoms with Gasteiger partial charge >= 0.3 is 0 Å². The van der Waals surface area contributed by atoms with Crippen LogP contribution in [-0.4, -0.2) is 56.0 Å². The van der Waals surface area contributed by atoms with Crippen molar-refractivity contribution in [1.82, 2.24) is 4.90 Å². The molecule has 0 aromatic carbocycles. The molecule has 0 spiro atoms. The number of piperidine rings is 1. The molecule has 2 atom stereocenters. The summed E-state index contributed by atoms with van der Waals surface area (Å²) in [4.78, 5) is 2.46. The molecule has 1 aliphatic rings. The van der Waals surface area contributed by atoms with Crippen LogP contribution in [0.5, 0.6) is 0 Å². The van der Waals surface area contributed by atoms with Crippen LogP contribution in [0.4, 0.5) is 0 Å². The van der Waals surface area contributed by atoms with Crippen molar-refractivity contribution >= 4 is 0 Å². The monoisotopic (exact) mass is 258 g/mol. The Morgan fingerprint density at radius 3 is 2.61 bits per heavy atom. The van der Waals surface area contributed by atoms with Gasteiger partial charge in [-0.2, -0.15) is 0 Å². The van der Waals surface area contributed by atoms with Crippen LogP contribution in [0.1, 0.15) is 40.0 Å². The van der Waals surface area contributed by atoms with Gasteiger partial charge in [0, 0.05) is 26.8 Å². The lowest BCUT2D eigenvalue weighted by Gasteiger charge is -2.40. The first kappa shape index (κ1) is 15.9. The Balaban J connectivity index is 2.40. The Labute approximate surface area is 112 Å². The smallest absolute Gasteiger partial charge is 0.0777 e. The maximum Gasteiger partial charge on any atom is 0.0777 e. The van der Waals surface area contributed by atoms with Gasteiger partial charge in [-0.05, 0) is 53.1 Å². The topological polar surface area (TPSA) is 47.7 Å². The van der Waals surface area contributed by atoms with Gasteiger partial charge < -0.3 is 20.1 Å². The van der Waals surface area contributed by atoms with Crippen LogP contribution in [0.15, 0.2) is 0 Å². The van der Waals surface area contributed by atoms with Crippen molar-refractivity contribution in [2.75, 3.05) is 33.9 Å². The average Bonchev–Trinajstić information content (AvgIpc) is 2.36. The fourth-order valence-corrected chi connectivity index (χ4v) is 2.49. The van der Waals surface area contributed by atoms with Gasteiger partial charge in [0.1, 0.15) is 0 Å². The summed E-state index contributed by atoms with van der Waals surface area (Å²) in [6.45, 7) is 9.47. The molecule has 0 aromatic rings. The van der Waals surface area contributed by atoms with E-state index in [0.29, 0.717) is 0 Å². The summed E-state index contributed by atoms with van der Waals surface area (Å²) in [5.41, 5.74) is 5.96. The molecule has 1 saturated heterocycles. The Bertz CT molecular complexity index is 258. The molecule has 0 aliphatic carbocycles. The largest absolute Gasteiger partial charge is 0.377 e. The van der Waals surface area contributed by atoms with Gasteiger partial charge in [-0.15, -0.1) is 0 Å². The average molecular weight is 258 g/mol. The molecule has 1 heterocycles. The van der Waals surface area contributed by atoms with Gasteiger partial charge in [0.15, 0.2) is 0 Å². The summed E-state index contributed by atoms with van der Waals surface area (Å²) < 4.78 is 11.0. The lowest BCUT2D eigenvalue weighted by molar-refractivity contribution is -0.0540. The fraction of sp³-hybridized carbons (Fsp3) is 1.00. The molecule has 0 saturated carbocycles. The van der Waals surface area contributed by atoms with Gasteiger partial charge in [-0.25, -0.2) is 0 Å². The zero-order valence-electron chi connectivity index (χ0n) is 12.7. The van der Waals surface area contributed by atoms with E-state index in [0.717, 1.165) is 32.5 Å². The number of rotatable bonds is 6. The minimum Gasteiger partial charge on any atom is -0.377 e. The maximum absolute atomic E-state index is 6.20. The normalized spacial score (nSPS) is 28.3. The molecule has 0 aromatic heterocycles. The summed E-state index contributed by atoms with van der Waals surface area (Å²) in [6.07, 6.45) is 3.31. The summed E-state index contributed by atoms with van der Waals surface area (Å²) in [6, 6.07) is 0.0678. The minimum atomic E-state index is -0.250. The van der Waals surface area contributed by atoms with Gasteiger partial charge in [0.05, 0.1) is 11.2 Å². The van der Waals surface area contributed by atoms with E-state index in [1.807, 2.05) is 21.0 Å². The van der Waals surface area contributed by atoms with Crippen molar-refractivity contribution in [1.29, 1.82) is 0 Å². The van der Waals surface area contributed by atoms with E-state index in [9.17, 15) is 0 Å². The van der Waals surface area contributed by atoms with Gasteiger partial charge in [-0.3, -0.25) is 0 Å². The standard InChI is InChI=1S/C14H30N2O2/c1-13(2,17-4)12(15)7-10-16-9-6-8-14(3,11-16)18-5/h12H,6-11,15H2,1-5H3. The molecule has 108 valence electrons. The molecule has 1 fully saturated rings. The van der Waals surface area contributed by atoms with E-state index in [-0.39, 0.29) is 17.2 Å². The van der Waals surface area contributed by atoms with Crippen LogP contribution in [-0.2, 0) is 9.47 Å². The summed E-state index contributed by atoms with van der Waals surface area (Å²) in [5.74, 6) is 0. The number of hydrogen-bond donors (Lipinski definition) is 1. The second kappa shape index (κ2) is 6.33. The van der Waals surface area contributed by atoms with Crippen molar-refractivity contribution in [2.24, 2.45) is 5.73 Å². The van der Waals surface area contributed by atoms with Crippen molar-refractivity contribution in [3.8, 4) is 0 Å². The molecule has 2 N–H and O–H groups in total. The second-order valence-corrected chi connectivity index (χ2v) is 6.24. The van der Waals surface area contributed by atoms with E-state index in [1.54, 1.807) is 7.11 Å². The highest BCUT2D eigenvalue weighted by molar-refractivity contribution is 4.87. The SMILES string of the molecule is COC1(C)CCCN(CCC(N)C(C)(C)OC)C1. The third kappa shape index (κ3) is 4.19. The van der Waals surface area contributed by atoms with E-state index in [4.69, 9.17) is 15.2 Å². The quantitative estimate of drug-likeness (QED) is 0.786. The molecule has 4 nitrogen and oxygen atoms in total. The van der Waals surface area contributed by atoms with Crippen molar-refractivity contribution in [3.63, 3.8) is 0 Å². The zero-order valence-corrected chi connectivity index (χ0v) is 12.7. The van der Waals surface area contributed by atoms with Crippen molar-refractivity contribution in [3.05, 3.63) is 0 Å². The molecule has 1 rings (SSSR count). The lowest BCUT2D eigenvalue weighted by atomic mass is 9.93. The lowest BCUT2D eigenvalue weighted by Crippen LogP contribution is -2.50. The van der Waals surface area contributed by atoms with Crippen LogP contribution in [0.3, 0.4) is 0 Å². The minimum absolute atomic E-state index is 0.0130. The van der Waals surface area contributed by atoms with E-state index >= 15 is 0 Å². The van der Waals surface area contributed by atoms with E-state index < -0.39 is 0 Å². The van der Waals surface area contributed by atoms with Crippen LogP contribution < -0.4 is 5.73 Å². The van der Waals surface area contributed by atoms with E-state index in [2.05, 4.69) is 11.8 Å². The van der Waals surface area contributed by atoms with Crippen molar-refractivity contribution in [2.45, 2.75) is 57.3 Å². The number of likely N-dealkylation sites (tertiary alicyclic amines) is 1. The van der Waals surface area contributed by atoms with Gasteiger partial charge in [0.2, 0.25) is 0 Å². The summed E-state index contributed by atoms with van der Waals surface area (Å²) in [5, 5.41) is 0. The molecular formula is C14H30N2O2. The van der Waals surface area contributed by atoms with E-state index in [1.165, 1.54) is 6.42 Å². The molecule has 0 bridgehead atoms. The molecule has 4 heteroatoms. The van der Waals surface area contributed by atoms with Crippen LogP contribution in [0.25, 0.3) is 0 Å². The third-order valence-corrected chi connectivity index (χ3v) is 4.41. The Morgan fingerprint density at radius 1 is 1.39 bits per heavy atom. The number of nitrogens with zero attached hydrogens (tertiary/aromatic N) is 1. The Morgan fingerprint density at radius 2 is 2.06 bits per heavy atom. The summed E-state index contributed by atoms with van der Waals surface area (Å²) >= 11 is 0. The fourth-order valence-electron chi connectivity index (χ4n) is 2.49.